The van der Waals surface area contributed by atoms with Gasteiger partial charge in [-0.3, -0.25) is 19.2 Å². The predicted octanol–water partition coefficient (Wildman–Crippen LogP) is -24.5. The molecule has 12 aliphatic rings. The van der Waals surface area contributed by atoms with Crippen molar-refractivity contribution in [2.24, 2.45) is 0 Å². The van der Waals surface area contributed by atoms with Crippen LogP contribution in [0.2, 0.25) is 0 Å². The second-order valence-corrected chi connectivity index (χ2v) is 36.6. The first-order valence-corrected chi connectivity index (χ1v) is 45.9. The van der Waals surface area contributed by atoms with Gasteiger partial charge < -0.3 is 294 Å². The summed E-state index contributed by atoms with van der Waals surface area (Å²) in [6.07, 6.45) is -116. The highest BCUT2D eigenvalue weighted by atomic mass is 16.8. The first-order chi connectivity index (χ1) is 67.6. The Morgan fingerprint density at radius 2 is 0.427 bits per heavy atom. The number of carbonyl (C=O) groups excluding carboxylic acids is 4. The molecule has 12 heterocycles. The van der Waals surface area contributed by atoms with Gasteiger partial charge in [0.05, 0.1) is 78.3 Å². The van der Waals surface area contributed by atoms with E-state index in [0.717, 1.165) is 27.7 Å². The molecular weight excluding hydrogens is 1960 g/mol. The van der Waals surface area contributed by atoms with Gasteiger partial charge in [-0.2, -0.15) is 0 Å². The van der Waals surface area contributed by atoms with Crippen LogP contribution in [-0.4, -0.2) is 621 Å². The molecule has 12 saturated heterocycles. The van der Waals surface area contributed by atoms with Gasteiger partial charge in [0.15, 0.2) is 75.5 Å². The summed E-state index contributed by atoms with van der Waals surface area (Å²) < 4.78 is 136. The number of amides is 4. The molecule has 0 bridgehead atoms. The van der Waals surface area contributed by atoms with Crippen LogP contribution < -0.4 is 21.3 Å². The second kappa shape index (κ2) is 51.0. The van der Waals surface area contributed by atoms with Gasteiger partial charge in [-0.1, -0.05) is 0 Å². The fourth-order valence-electron chi connectivity index (χ4n) is 18.8. The minimum atomic E-state index is -2.45. The molecule has 36 N–H and O–H groups in total. The number of rotatable bonds is 36. The summed E-state index contributed by atoms with van der Waals surface area (Å²) in [7, 11) is 0. The Morgan fingerprint density at radius 1 is 0.196 bits per heavy atom. The Labute approximate surface area is 809 Å². The van der Waals surface area contributed by atoms with Crippen LogP contribution in [0.15, 0.2) is 0 Å². The molecule has 0 aromatic rings. The summed E-state index contributed by atoms with van der Waals surface area (Å²) in [4.78, 5) is 52.7. The van der Waals surface area contributed by atoms with Gasteiger partial charge in [0.2, 0.25) is 23.6 Å². The highest BCUT2D eigenvalue weighted by Crippen LogP contribution is 2.43. The molecule has 4 amide bonds. The highest BCUT2D eigenvalue weighted by Gasteiger charge is 2.64. The fraction of sp³-hybridized carbons (Fsp3) is 0.950. The Kier molecular flexibility index (Phi) is 41.8. The highest BCUT2D eigenvalue weighted by molar-refractivity contribution is 5.74. The Bertz CT molecular complexity index is 3960. The van der Waals surface area contributed by atoms with Crippen molar-refractivity contribution < 1.29 is 292 Å². The van der Waals surface area contributed by atoms with Crippen molar-refractivity contribution in [3.05, 3.63) is 0 Å². The molecule has 12 aliphatic heterocycles. The Balaban J connectivity index is 0.752. The molecule has 63 heteroatoms. The van der Waals surface area contributed by atoms with Crippen molar-refractivity contribution in [3.8, 4) is 0 Å². The quantitative estimate of drug-likeness (QED) is 0.0277. The number of hydrogen-bond acceptors (Lipinski definition) is 59. The van der Waals surface area contributed by atoms with Crippen LogP contribution in [0.25, 0.3) is 0 Å². The van der Waals surface area contributed by atoms with Crippen LogP contribution in [-0.2, 0) is 128 Å². The van der Waals surface area contributed by atoms with E-state index in [2.05, 4.69) is 21.3 Å². The lowest BCUT2D eigenvalue weighted by Crippen LogP contribution is -2.71. The number of aliphatic hydroxyl groups is 32. The molecule has 12 fully saturated rings. The minimum Gasteiger partial charge on any atom is -0.394 e. The van der Waals surface area contributed by atoms with Gasteiger partial charge in [0, 0.05) is 27.7 Å². The monoisotopic (exact) mass is 2090 g/mol. The Hall–Kier alpha value is -4.32. The number of nitrogens with one attached hydrogen (secondary N) is 4. The minimum absolute atomic E-state index is 0.905. The SMILES string of the molecule is CC(=O)N[C@H]1[C@H](OC[C@H]2O[C@@H](O[C@H]3[C@H](O)[C@@H](O)C(O)O[C@@H]3CO)[C@H](O)[C@@H](O[C@@H]3O[C@H](CO)[C@@H](O[C@@H]4O[C@H](CO)[C@H](O)[C@H](O)[C@H]4O[C@@H]4O[C@@H](C)[C@@H](O)[C@@H](O)[C@@H]4O)[C@H](O)[C@H]3NC(C)=O)[C@H]2O)O[C@H](CO)[C@@H](O[C@@H]2O[C@H](CO)[C@H](O)[C@H](O[C@@H]3O[C@H](CO)[C@@H](O[C@@H]4O[C@H](CO)[C@H](O)[C@H](O[C@@H]5O[C@H](CO)[C@@H](O)[C@H](O[C@@H]6O[C@H](CO)[C@H](O)[C@H](O)[C@H]6O[C@@H]6O[C@@H](C)[C@@H](O)[C@@H](O)[C@@H]6O)[C@H]5NC(C)=O)[C@H]4O)[C@H](O)[C@H]3NC(C)=O)[C@H]2O)[C@@H]1O. The molecule has 12 rings (SSSR count). The predicted molar refractivity (Wildman–Crippen MR) is 439 cm³/mol. The number of hydrogen-bond donors (Lipinski definition) is 36. The van der Waals surface area contributed by atoms with E-state index in [1.165, 1.54) is 13.8 Å². The molecule has 63 nitrogen and oxygen atoms in total. The molecular formula is C80H134N4O59. The van der Waals surface area contributed by atoms with Crippen molar-refractivity contribution >= 4 is 23.6 Å². The molecule has 0 aromatic heterocycles. The van der Waals surface area contributed by atoms with E-state index in [-0.39, 0.29) is 0 Å². The maximum absolute atomic E-state index is 13.2. The average molecular weight is 2100 g/mol. The topological polar surface area (TPSA) is 976 Å². The summed E-state index contributed by atoms with van der Waals surface area (Å²) >= 11 is 0. The third-order valence-corrected chi connectivity index (χ3v) is 26.6. The van der Waals surface area contributed by atoms with Crippen molar-refractivity contribution in [1.29, 1.82) is 0 Å². The van der Waals surface area contributed by atoms with E-state index in [1.54, 1.807) is 0 Å². The summed E-state index contributed by atoms with van der Waals surface area (Å²) in [6, 6.07) is -7.95. The van der Waals surface area contributed by atoms with Gasteiger partial charge in [-0.05, 0) is 13.8 Å². The molecule has 0 saturated carbocycles. The van der Waals surface area contributed by atoms with E-state index in [4.69, 9.17) is 109 Å². The largest absolute Gasteiger partial charge is 0.394 e. The van der Waals surface area contributed by atoms with Crippen LogP contribution in [0.4, 0.5) is 0 Å². The van der Waals surface area contributed by atoms with Crippen LogP contribution in [0, 0.1) is 0 Å². The summed E-state index contributed by atoms with van der Waals surface area (Å²) in [5.41, 5.74) is 0. The summed E-state index contributed by atoms with van der Waals surface area (Å²) in [5, 5.41) is 368. The van der Waals surface area contributed by atoms with Crippen molar-refractivity contribution in [1.82, 2.24) is 21.3 Å². The van der Waals surface area contributed by atoms with E-state index >= 15 is 0 Å². The third kappa shape index (κ3) is 25.6. The normalized spacial score (nSPS) is 50.7. The molecule has 0 aliphatic carbocycles. The lowest BCUT2D eigenvalue weighted by Gasteiger charge is -2.51. The molecule has 1 unspecified atom stereocenters. The van der Waals surface area contributed by atoms with Gasteiger partial charge in [-0.25, -0.2) is 0 Å². The van der Waals surface area contributed by atoms with E-state index < -0.39 is 458 Å². The third-order valence-electron chi connectivity index (χ3n) is 26.6. The maximum Gasteiger partial charge on any atom is 0.217 e. The molecule has 60 atom stereocenters. The first kappa shape index (κ1) is 117. The van der Waals surface area contributed by atoms with Crippen LogP contribution in [0.1, 0.15) is 41.5 Å². The number of ether oxygens (including phenoxy) is 23. The first-order valence-electron chi connectivity index (χ1n) is 45.9. The molecule has 0 spiro atoms. The zero-order valence-electron chi connectivity index (χ0n) is 77.0. The van der Waals surface area contributed by atoms with Gasteiger partial charge in [0.25, 0.3) is 0 Å². The zero-order chi connectivity index (χ0) is 105. The van der Waals surface area contributed by atoms with Crippen LogP contribution >= 0.6 is 0 Å². The smallest absolute Gasteiger partial charge is 0.217 e. The second-order valence-electron chi connectivity index (χ2n) is 36.6. The zero-order valence-corrected chi connectivity index (χ0v) is 77.0. The van der Waals surface area contributed by atoms with Crippen LogP contribution in [0.3, 0.4) is 0 Å². The van der Waals surface area contributed by atoms with Crippen molar-refractivity contribution in [3.63, 3.8) is 0 Å². The fourth-order valence-corrected chi connectivity index (χ4v) is 18.8. The number of aliphatic hydroxyl groups excluding tert-OH is 32. The van der Waals surface area contributed by atoms with Crippen LogP contribution in [0.5, 0.6) is 0 Å². The lowest BCUT2D eigenvalue weighted by molar-refractivity contribution is -0.393. The maximum atomic E-state index is 13.2. The summed E-state index contributed by atoms with van der Waals surface area (Å²) in [5.74, 6) is -3.95. The Morgan fingerprint density at radius 3 is 0.776 bits per heavy atom. The molecule has 0 aromatic carbocycles. The van der Waals surface area contributed by atoms with E-state index in [9.17, 15) is 183 Å². The molecule has 0 radical (unpaired) electrons. The molecule has 143 heavy (non-hydrogen) atoms. The van der Waals surface area contributed by atoms with Crippen molar-refractivity contribution in [2.75, 3.05) is 66.1 Å². The van der Waals surface area contributed by atoms with Gasteiger partial charge in [-0.15, -0.1) is 0 Å². The lowest BCUT2D eigenvalue weighted by atomic mass is 9.93. The average Bonchev–Trinajstić information content (AvgIpc) is 0.766. The van der Waals surface area contributed by atoms with E-state index in [1.807, 2.05) is 0 Å². The van der Waals surface area contributed by atoms with E-state index in [0.29, 0.717) is 0 Å². The number of carbonyl (C=O) groups is 4. The summed E-state index contributed by atoms with van der Waals surface area (Å²) in [6.45, 7) is -5.27. The van der Waals surface area contributed by atoms with Gasteiger partial charge >= 0.3 is 0 Å². The molecule has 828 valence electrons. The van der Waals surface area contributed by atoms with Crippen molar-refractivity contribution in [2.45, 2.75) is 410 Å². The van der Waals surface area contributed by atoms with Gasteiger partial charge in [0.1, 0.15) is 281 Å². The standard InChI is InChI=1S/C80H134N4O59/c1-17-37(98)48(109)54(115)74(122-17)142-67-50(111)39(100)23(7-85)128-79(67)137-61-31(15-93)132-72(35(47(61)108)83-21(5)96)140-66-44(105)32(133-78(58(66)119)136-62-28(12-90)124-69(120)53(114)52(62)113)16-121-70-33(81-19(3)94)45(106)59(29(13-91)130-70)134-76-56(117)64(42(103)26(10-88)126-76)139-71-34(82-20(4)95)46(107)60(30(14-92)131-71)135-77-57(118)65(43(104)27(11-89)127-77)141-73-36(84-22(6)97)63(41(102)25(9-87)125-73)138-80-68(51(112)40(101)24(8-86)129-80)143-75-55(116)49(110)38(99)18(2)123-75/h17-18,23-80,85-93,98-120H,7-16H2,1-6H3,(H,81,94)(H,82,95)(H,83,96)(H,84,97)/t17-,18-,23+,24+,25+,26+,27+,28+,29+,30+,31+,32+,33+,34+,35+,36+,37+,38+,39-,40-,41+,42-,43-,44-,45+,46+,47+,48+,49+,50-,51-,52+,53+,54-,55-,56+,57+,58+,59+,60+,61+,62+,63+,64-,65-,66-,67+,68+,69?,70+,71-,72-,73-,74-,75-,76-,77-,78-,79-,80-/m0/s1.